The highest BCUT2D eigenvalue weighted by atomic mass is 16.5. The minimum atomic E-state index is 0.201. The van der Waals surface area contributed by atoms with Crippen LogP contribution in [0.15, 0.2) is 24.3 Å². The Morgan fingerprint density at radius 3 is 2.95 bits per heavy atom. The van der Waals surface area contributed by atoms with Crippen LogP contribution < -0.4 is 9.64 Å². The first kappa shape index (κ1) is 13.2. The van der Waals surface area contributed by atoms with Crippen LogP contribution in [0, 0.1) is 0 Å². The van der Waals surface area contributed by atoms with Gasteiger partial charge >= 0.3 is 0 Å². The Morgan fingerprint density at radius 1 is 1.35 bits per heavy atom. The maximum Gasteiger partial charge on any atom is 0.161 e. The van der Waals surface area contributed by atoms with Crippen molar-refractivity contribution in [1.82, 2.24) is 0 Å². The number of hydrogen-bond acceptors (Lipinski definition) is 3. The zero-order valence-corrected chi connectivity index (χ0v) is 11.7. The SMILES string of the molecule is COc1cc2c(cc1O)C[NH+]([C@@H]1CC=CC(=O)C1)CC2. The van der Waals surface area contributed by atoms with E-state index in [1.807, 2.05) is 18.2 Å². The molecule has 1 heterocycles. The van der Waals surface area contributed by atoms with Gasteiger partial charge in [-0.15, -0.1) is 0 Å². The van der Waals surface area contributed by atoms with Gasteiger partial charge in [-0.05, 0) is 23.8 Å². The van der Waals surface area contributed by atoms with Crippen molar-refractivity contribution in [2.75, 3.05) is 13.7 Å². The third-order valence-corrected chi connectivity index (χ3v) is 4.38. The summed E-state index contributed by atoms with van der Waals surface area (Å²) in [6.07, 6.45) is 6.27. The molecule has 4 heteroatoms. The van der Waals surface area contributed by atoms with Gasteiger partial charge in [0, 0.05) is 18.4 Å². The number of aromatic hydroxyl groups is 1. The number of phenolic OH excluding ortho intramolecular Hbond substituents is 1. The van der Waals surface area contributed by atoms with Crippen LogP contribution in [-0.2, 0) is 17.8 Å². The van der Waals surface area contributed by atoms with E-state index in [-0.39, 0.29) is 11.5 Å². The van der Waals surface area contributed by atoms with Crippen molar-refractivity contribution in [3.8, 4) is 11.5 Å². The van der Waals surface area contributed by atoms with Crippen molar-refractivity contribution < 1.29 is 19.5 Å². The molecule has 1 unspecified atom stereocenters. The van der Waals surface area contributed by atoms with E-state index < -0.39 is 0 Å². The largest absolute Gasteiger partial charge is 0.504 e. The lowest BCUT2D eigenvalue weighted by atomic mass is 9.93. The lowest BCUT2D eigenvalue weighted by Gasteiger charge is -2.33. The standard InChI is InChI=1S/C16H19NO3/c1-20-16-8-11-5-6-17(10-12(11)7-15(16)19)13-3-2-4-14(18)9-13/h2,4,7-8,13,19H,3,5-6,9-10H2,1H3/p+1/t13-/m1/s1. The van der Waals surface area contributed by atoms with E-state index >= 15 is 0 Å². The number of methoxy groups -OCH3 is 1. The van der Waals surface area contributed by atoms with E-state index in [1.54, 1.807) is 13.2 Å². The monoisotopic (exact) mass is 274 g/mol. The van der Waals surface area contributed by atoms with E-state index in [0.29, 0.717) is 18.2 Å². The second-order valence-electron chi connectivity index (χ2n) is 5.63. The zero-order valence-electron chi connectivity index (χ0n) is 11.7. The molecule has 0 amide bonds. The second kappa shape index (κ2) is 5.29. The number of benzene rings is 1. The molecule has 0 spiro atoms. The third kappa shape index (κ3) is 2.43. The fraction of sp³-hybridized carbons (Fsp3) is 0.438. The smallest absolute Gasteiger partial charge is 0.161 e. The first-order chi connectivity index (χ1) is 9.67. The predicted octanol–water partition coefficient (Wildman–Crippen LogP) is 0.629. The number of ketones is 1. The number of nitrogens with one attached hydrogen (secondary N) is 1. The Balaban J connectivity index is 1.80. The van der Waals surface area contributed by atoms with Crippen molar-refractivity contribution in [3.05, 3.63) is 35.4 Å². The number of quaternary nitrogens is 1. The maximum absolute atomic E-state index is 11.5. The van der Waals surface area contributed by atoms with E-state index in [2.05, 4.69) is 0 Å². The molecule has 2 aliphatic rings. The molecule has 4 nitrogen and oxygen atoms in total. The molecule has 2 N–H and O–H groups in total. The number of carbonyl (C=O) groups excluding carboxylic acids is 1. The Labute approximate surface area is 118 Å². The van der Waals surface area contributed by atoms with Gasteiger partial charge in [0.05, 0.1) is 26.1 Å². The summed E-state index contributed by atoms with van der Waals surface area (Å²) < 4.78 is 5.16. The molecule has 20 heavy (non-hydrogen) atoms. The number of rotatable bonds is 2. The van der Waals surface area contributed by atoms with Crippen molar-refractivity contribution in [1.29, 1.82) is 0 Å². The molecule has 1 aromatic rings. The quantitative estimate of drug-likeness (QED) is 0.831. The second-order valence-corrected chi connectivity index (χ2v) is 5.63. The molecule has 0 radical (unpaired) electrons. The molecule has 1 aliphatic heterocycles. The van der Waals surface area contributed by atoms with Gasteiger partial charge in [0.15, 0.2) is 17.3 Å². The Kier molecular flexibility index (Phi) is 3.49. The van der Waals surface area contributed by atoms with Crippen molar-refractivity contribution in [2.24, 2.45) is 0 Å². The summed E-state index contributed by atoms with van der Waals surface area (Å²) in [6.45, 7) is 1.91. The summed E-state index contributed by atoms with van der Waals surface area (Å²) in [7, 11) is 1.57. The highest BCUT2D eigenvalue weighted by Crippen LogP contribution is 2.30. The topological polar surface area (TPSA) is 51.0 Å². The summed E-state index contributed by atoms with van der Waals surface area (Å²) >= 11 is 0. The third-order valence-electron chi connectivity index (χ3n) is 4.38. The normalized spacial score (nSPS) is 25.4. The lowest BCUT2D eigenvalue weighted by molar-refractivity contribution is -0.940. The molecule has 0 bridgehead atoms. The minimum Gasteiger partial charge on any atom is -0.504 e. The number of phenols is 1. The average Bonchev–Trinajstić information content (AvgIpc) is 2.46. The summed E-state index contributed by atoms with van der Waals surface area (Å²) in [6, 6.07) is 4.13. The first-order valence-electron chi connectivity index (χ1n) is 7.10. The fourth-order valence-electron chi connectivity index (χ4n) is 3.26. The molecule has 106 valence electrons. The van der Waals surface area contributed by atoms with Gasteiger partial charge in [0.2, 0.25) is 0 Å². The molecule has 0 saturated carbocycles. The van der Waals surface area contributed by atoms with Gasteiger partial charge in [-0.2, -0.15) is 0 Å². The van der Waals surface area contributed by atoms with E-state index in [9.17, 15) is 9.90 Å². The first-order valence-corrected chi connectivity index (χ1v) is 7.10. The Morgan fingerprint density at radius 2 is 2.20 bits per heavy atom. The minimum absolute atomic E-state index is 0.201. The lowest BCUT2D eigenvalue weighted by Crippen LogP contribution is -3.15. The van der Waals surface area contributed by atoms with Crippen LogP contribution in [-0.4, -0.2) is 30.6 Å². The van der Waals surface area contributed by atoms with E-state index in [4.69, 9.17) is 4.74 Å². The molecule has 0 aromatic heterocycles. The molecule has 3 rings (SSSR count). The van der Waals surface area contributed by atoms with E-state index in [1.165, 1.54) is 16.0 Å². The molecular weight excluding hydrogens is 254 g/mol. The molecule has 1 aliphatic carbocycles. The number of ether oxygens (including phenoxy) is 1. The number of hydrogen-bond donors (Lipinski definition) is 2. The van der Waals surface area contributed by atoms with Crippen LogP contribution >= 0.6 is 0 Å². The number of carbonyl (C=O) groups is 1. The van der Waals surface area contributed by atoms with Gasteiger partial charge in [0.1, 0.15) is 6.54 Å². The molecule has 0 fully saturated rings. The average molecular weight is 274 g/mol. The summed E-state index contributed by atoms with van der Waals surface area (Å²) in [4.78, 5) is 13.0. The van der Waals surface area contributed by atoms with Crippen molar-refractivity contribution in [2.45, 2.75) is 31.8 Å². The van der Waals surface area contributed by atoms with Crippen LogP contribution in [0.5, 0.6) is 11.5 Å². The number of fused-ring (bicyclic) bond motifs is 1. The molecular formula is C16H20NO3+. The Hall–Kier alpha value is -1.81. The van der Waals surface area contributed by atoms with Crippen LogP contribution in [0.3, 0.4) is 0 Å². The van der Waals surface area contributed by atoms with Crippen LogP contribution in [0.2, 0.25) is 0 Å². The van der Waals surface area contributed by atoms with Crippen molar-refractivity contribution in [3.63, 3.8) is 0 Å². The summed E-state index contributed by atoms with van der Waals surface area (Å²) in [5, 5.41) is 9.91. The van der Waals surface area contributed by atoms with Crippen LogP contribution in [0.4, 0.5) is 0 Å². The maximum atomic E-state index is 11.5. The highest BCUT2D eigenvalue weighted by molar-refractivity contribution is 5.90. The molecule has 2 atom stereocenters. The number of allylic oxidation sites excluding steroid dienone is 1. The van der Waals surface area contributed by atoms with Crippen LogP contribution in [0.1, 0.15) is 24.0 Å². The predicted molar refractivity (Wildman–Crippen MR) is 75.1 cm³/mol. The van der Waals surface area contributed by atoms with Gasteiger partial charge in [-0.3, -0.25) is 4.79 Å². The summed E-state index contributed by atoms with van der Waals surface area (Å²) in [5.74, 6) is 0.979. The molecule has 1 aromatic carbocycles. The fourth-order valence-corrected chi connectivity index (χ4v) is 3.26. The van der Waals surface area contributed by atoms with Crippen LogP contribution in [0.25, 0.3) is 0 Å². The van der Waals surface area contributed by atoms with Crippen molar-refractivity contribution >= 4 is 5.78 Å². The Bertz CT molecular complexity index is 565. The zero-order chi connectivity index (χ0) is 14.1. The van der Waals surface area contributed by atoms with Gasteiger partial charge in [-0.1, -0.05) is 6.08 Å². The van der Waals surface area contributed by atoms with E-state index in [0.717, 1.165) is 25.9 Å². The summed E-state index contributed by atoms with van der Waals surface area (Å²) in [5.41, 5.74) is 2.42. The van der Waals surface area contributed by atoms with Gasteiger partial charge in [-0.25, -0.2) is 0 Å². The van der Waals surface area contributed by atoms with Gasteiger partial charge < -0.3 is 14.7 Å². The highest BCUT2D eigenvalue weighted by Gasteiger charge is 2.30. The van der Waals surface area contributed by atoms with Gasteiger partial charge in [0.25, 0.3) is 0 Å². The molecule has 0 saturated heterocycles.